The average Bonchev–Trinajstić information content (AvgIpc) is 2.62. The fraction of sp³-hybridized carbons (Fsp3) is 0.550. The van der Waals surface area contributed by atoms with Gasteiger partial charge in [-0.15, -0.1) is 0 Å². The maximum Gasteiger partial charge on any atom is 0.313 e. The van der Waals surface area contributed by atoms with Crippen LogP contribution in [0.2, 0.25) is 0 Å². The first-order valence-corrected chi connectivity index (χ1v) is 9.58. The van der Waals surface area contributed by atoms with Crippen molar-refractivity contribution in [3.63, 3.8) is 0 Å². The quantitative estimate of drug-likeness (QED) is 0.562. The molecule has 0 bridgehead atoms. The molecule has 0 saturated heterocycles. The third kappa shape index (κ3) is 7.64. The third-order valence-electron chi connectivity index (χ3n) is 4.31. The van der Waals surface area contributed by atoms with Crippen LogP contribution >= 0.6 is 0 Å². The van der Waals surface area contributed by atoms with Gasteiger partial charge < -0.3 is 16.0 Å². The Kier molecular flexibility index (Phi) is 9.58. The minimum atomic E-state index is -0.957. The lowest BCUT2D eigenvalue weighted by Crippen LogP contribution is -2.47. The van der Waals surface area contributed by atoms with Crippen LogP contribution in [0.5, 0.6) is 0 Å². The number of hydrogen-bond donors (Lipinski definition) is 3. The monoisotopic (exact) mass is 394 g/mol. The Labute approximate surface area is 166 Å². The predicted molar refractivity (Wildman–Crippen MR) is 109 cm³/mol. The van der Waals surface area contributed by atoms with Crippen molar-refractivity contribution in [1.29, 1.82) is 0 Å². The van der Waals surface area contributed by atoms with Crippen molar-refractivity contribution in [3.05, 3.63) is 24.0 Å². The van der Waals surface area contributed by atoms with Gasteiger partial charge in [0.2, 0.25) is 5.91 Å². The number of carbonyl (C=O) groups excluding carboxylic acids is 3. The van der Waals surface area contributed by atoms with Gasteiger partial charge in [0, 0.05) is 25.2 Å². The second kappa shape index (κ2) is 11.4. The minimum Gasteiger partial charge on any atom is -0.346 e. The highest BCUT2D eigenvalue weighted by atomic mass is 19.1. The molecule has 7 nitrogen and oxygen atoms in total. The van der Waals surface area contributed by atoms with Gasteiger partial charge in [-0.1, -0.05) is 27.7 Å². The molecule has 0 aliphatic carbocycles. The first-order chi connectivity index (χ1) is 13.2. The van der Waals surface area contributed by atoms with Gasteiger partial charge in [-0.3, -0.25) is 19.3 Å². The van der Waals surface area contributed by atoms with Crippen molar-refractivity contribution >= 4 is 29.1 Å². The molecule has 0 spiro atoms. The van der Waals surface area contributed by atoms with Crippen LogP contribution in [-0.2, 0) is 14.4 Å². The Morgan fingerprint density at radius 3 is 2.25 bits per heavy atom. The van der Waals surface area contributed by atoms with E-state index in [0.717, 1.165) is 25.6 Å². The van der Waals surface area contributed by atoms with E-state index in [1.54, 1.807) is 0 Å². The Morgan fingerprint density at radius 1 is 1.07 bits per heavy atom. The Morgan fingerprint density at radius 2 is 1.71 bits per heavy atom. The lowest BCUT2D eigenvalue weighted by molar-refractivity contribution is -0.136. The second-order valence-corrected chi connectivity index (χ2v) is 7.04. The van der Waals surface area contributed by atoms with E-state index in [1.807, 2.05) is 0 Å². The molecule has 156 valence electrons. The van der Waals surface area contributed by atoms with Gasteiger partial charge in [0.25, 0.3) is 0 Å². The first-order valence-electron chi connectivity index (χ1n) is 9.58. The minimum absolute atomic E-state index is 0.117. The van der Waals surface area contributed by atoms with E-state index in [-0.39, 0.29) is 17.6 Å². The van der Waals surface area contributed by atoms with E-state index in [4.69, 9.17) is 0 Å². The predicted octanol–water partition coefficient (Wildman–Crippen LogP) is 2.60. The number of amides is 3. The number of anilines is 2. The highest BCUT2D eigenvalue weighted by Crippen LogP contribution is 2.19. The summed E-state index contributed by atoms with van der Waals surface area (Å²) in [5, 5.41) is 7.39. The second-order valence-electron chi connectivity index (χ2n) is 7.04. The smallest absolute Gasteiger partial charge is 0.313 e. The number of carbonyl (C=O) groups is 3. The molecule has 3 N–H and O–H groups in total. The van der Waals surface area contributed by atoms with Gasteiger partial charge >= 0.3 is 11.8 Å². The van der Waals surface area contributed by atoms with Crippen LogP contribution in [0.25, 0.3) is 0 Å². The van der Waals surface area contributed by atoms with Gasteiger partial charge in [0.05, 0.1) is 5.69 Å². The molecular formula is C20H31FN4O3. The molecule has 1 aromatic carbocycles. The summed E-state index contributed by atoms with van der Waals surface area (Å²) in [4.78, 5) is 37.7. The molecule has 0 aliphatic rings. The zero-order chi connectivity index (χ0) is 21.3. The topological polar surface area (TPSA) is 90.5 Å². The van der Waals surface area contributed by atoms with Crippen molar-refractivity contribution in [2.24, 2.45) is 5.92 Å². The standard InChI is InChI=1S/C20H31FN4O3/c1-6-25(7-2)16(10-13(3)4)12-22-19(27)20(28)24-18-11-15(23-14(5)26)8-9-17(18)21/h8-9,11,13,16H,6-7,10,12H2,1-5H3,(H,22,27)(H,23,26)(H,24,28). The van der Waals surface area contributed by atoms with Gasteiger partial charge in [-0.25, -0.2) is 4.39 Å². The highest BCUT2D eigenvalue weighted by Gasteiger charge is 2.21. The van der Waals surface area contributed by atoms with Gasteiger partial charge in [0.15, 0.2) is 0 Å². The summed E-state index contributed by atoms with van der Waals surface area (Å²) in [5.74, 6) is -2.36. The van der Waals surface area contributed by atoms with E-state index < -0.39 is 17.6 Å². The van der Waals surface area contributed by atoms with Gasteiger partial charge in [0.1, 0.15) is 5.82 Å². The SMILES string of the molecule is CCN(CC)C(CNC(=O)C(=O)Nc1cc(NC(C)=O)ccc1F)CC(C)C. The van der Waals surface area contributed by atoms with Crippen molar-refractivity contribution < 1.29 is 18.8 Å². The zero-order valence-corrected chi connectivity index (χ0v) is 17.3. The van der Waals surface area contributed by atoms with E-state index in [9.17, 15) is 18.8 Å². The molecule has 0 aliphatic heterocycles. The van der Waals surface area contributed by atoms with Crippen molar-refractivity contribution in [3.8, 4) is 0 Å². The summed E-state index contributed by atoms with van der Waals surface area (Å²) in [6.07, 6.45) is 0.886. The number of likely N-dealkylation sites (N-methyl/N-ethyl adjacent to an activating group) is 1. The summed E-state index contributed by atoms with van der Waals surface area (Å²) in [7, 11) is 0. The van der Waals surface area contributed by atoms with Crippen LogP contribution in [0.3, 0.4) is 0 Å². The summed E-state index contributed by atoms with van der Waals surface area (Å²) in [5.41, 5.74) is 0.150. The molecule has 1 unspecified atom stereocenters. The van der Waals surface area contributed by atoms with Crippen LogP contribution in [0, 0.1) is 11.7 Å². The number of hydrogen-bond acceptors (Lipinski definition) is 4. The van der Waals surface area contributed by atoms with Crippen LogP contribution in [0.4, 0.5) is 15.8 Å². The first kappa shape index (κ1) is 23.6. The molecule has 0 fully saturated rings. The molecule has 0 saturated carbocycles. The number of nitrogens with zero attached hydrogens (tertiary/aromatic N) is 1. The highest BCUT2D eigenvalue weighted by molar-refractivity contribution is 6.39. The number of halogens is 1. The summed E-state index contributed by atoms with van der Waals surface area (Å²) >= 11 is 0. The number of nitrogens with one attached hydrogen (secondary N) is 3. The fourth-order valence-corrected chi connectivity index (χ4v) is 3.02. The van der Waals surface area contributed by atoms with Crippen molar-refractivity contribution in [2.75, 3.05) is 30.3 Å². The van der Waals surface area contributed by atoms with Crippen molar-refractivity contribution in [2.45, 2.75) is 47.1 Å². The molecule has 1 aromatic rings. The van der Waals surface area contributed by atoms with E-state index in [0.29, 0.717) is 18.2 Å². The number of benzene rings is 1. The Hall–Kier alpha value is -2.48. The normalized spacial score (nSPS) is 12.0. The molecular weight excluding hydrogens is 363 g/mol. The largest absolute Gasteiger partial charge is 0.346 e. The van der Waals surface area contributed by atoms with Crippen LogP contribution in [-0.4, -0.2) is 48.3 Å². The summed E-state index contributed by atoms with van der Waals surface area (Å²) in [6, 6.07) is 3.86. The van der Waals surface area contributed by atoms with Crippen LogP contribution in [0.1, 0.15) is 41.0 Å². The fourth-order valence-electron chi connectivity index (χ4n) is 3.02. The summed E-state index contributed by atoms with van der Waals surface area (Å²) in [6.45, 7) is 11.7. The molecule has 8 heteroatoms. The molecule has 1 atom stereocenters. The molecule has 3 amide bonds. The average molecular weight is 394 g/mol. The lowest BCUT2D eigenvalue weighted by Gasteiger charge is -2.31. The zero-order valence-electron chi connectivity index (χ0n) is 17.3. The molecule has 1 rings (SSSR count). The molecule has 0 aromatic heterocycles. The van der Waals surface area contributed by atoms with E-state index in [2.05, 4.69) is 48.5 Å². The van der Waals surface area contributed by atoms with Crippen LogP contribution < -0.4 is 16.0 Å². The molecule has 0 heterocycles. The summed E-state index contributed by atoms with van der Waals surface area (Å²) < 4.78 is 13.9. The van der Waals surface area contributed by atoms with Gasteiger partial charge in [-0.05, 0) is 43.6 Å². The molecule has 0 radical (unpaired) electrons. The van der Waals surface area contributed by atoms with Crippen LogP contribution in [0.15, 0.2) is 18.2 Å². The third-order valence-corrected chi connectivity index (χ3v) is 4.31. The Balaban J connectivity index is 2.74. The van der Waals surface area contributed by atoms with Crippen molar-refractivity contribution in [1.82, 2.24) is 10.2 Å². The molecule has 28 heavy (non-hydrogen) atoms. The lowest BCUT2D eigenvalue weighted by atomic mass is 10.0. The Bertz CT molecular complexity index is 690. The van der Waals surface area contributed by atoms with E-state index in [1.165, 1.54) is 19.1 Å². The van der Waals surface area contributed by atoms with E-state index >= 15 is 0 Å². The maximum absolute atomic E-state index is 13.9. The van der Waals surface area contributed by atoms with Gasteiger partial charge in [-0.2, -0.15) is 0 Å². The maximum atomic E-state index is 13.9. The number of rotatable bonds is 9.